The van der Waals surface area contributed by atoms with Crippen molar-refractivity contribution >= 4 is 6.09 Å². The molecule has 1 atom stereocenters. The number of ether oxygens (including phenoxy) is 1. The molecule has 0 aliphatic heterocycles. The summed E-state index contributed by atoms with van der Waals surface area (Å²) in [6.07, 6.45) is 0.189. The van der Waals surface area contributed by atoms with Crippen LogP contribution in [0.5, 0.6) is 0 Å². The van der Waals surface area contributed by atoms with E-state index in [0.717, 1.165) is 0 Å². The summed E-state index contributed by atoms with van der Waals surface area (Å²) in [4.78, 5) is 11.6. The number of rotatable bonds is 1. The molecule has 1 unspecified atom stereocenters. The summed E-state index contributed by atoms with van der Waals surface area (Å²) in [7, 11) is 0. The molecule has 18 heavy (non-hydrogen) atoms. The highest BCUT2D eigenvalue weighted by molar-refractivity contribution is 5.68. The van der Waals surface area contributed by atoms with Gasteiger partial charge < -0.3 is 10.1 Å². The molecule has 0 aromatic rings. The van der Waals surface area contributed by atoms with Gasteiger partial charge in [0.2, 0.25) is 0 Å². The summed E-state index contributed by atoms with van der Waals surface area (Å²) in [6.45, 7) is 8.62. The maximum atomic E-state index is 13.9. The highest BCUT2D eigenvalue weighted by atomic mass is 19.3. The highest BCUT2D eigenvalue weighted by Crippen LogP contribution is 2.44. The summed E-state index contributed by atoms with van der Waals surface area (Å²) in [5.74, 6) is -2.88. The van der Waals surface area contributed by atoms with E-state index in [2.05, 4.69) is 5.32 Å². The molecule has 0 radical (unpaired) electrons. The van der Waals surface area contributed by atoms with Crippen LogP contribution in [0.4, 0.5) is 13.6 Å². The quantitative estimate of drug-likeness (QED) is 0.783. The number of carbonyl (C=O) groups excluding carboxylic acids is 1. The molecule has 1 N–H and O–H groups in total. The number of nitrogens with one attached hydrogen (secondary N) is 1. The average Bonchev–Trinajstić information content (AvgIpc) is 2.08. The van der Waals surface area contributed by atoms with Crippen LogP contribution in [0.1, 0.15) is 53.9 Å². The topological polar surface area (TPSA) is 38.3 Å². The standard InChI is InChI=1S/C13H23F2NO2/c1-11(2,3)18-10(17)16-9-12(4,5)7-6-8-13(9,14)15/h9H,6-8H2,1-5H3,(H,16,17). The Hall–Kier alpha value is -0.870. The molecule has 1 saturated carbocycles. The SMILES string of the molecule is CC(C)(C)OC(=O)NC1C(C)(C)CCCC1(F)F. The Morgan fingerprint density at radius 1 is 1.28 bits per heavy atom. The molecule has 1 aliphatic rings. The zero-order valence-electron chi connectivity index (χ0n) is 11.8. The molecular formula is C13H23F2NO2. The minimum absolute atomic E-state index is 0.184. The number of hydrogen-bond donors (Lipinski definition) is 1. The lowest BCUT2D eigenvalue weighted by atomic mass is 9.71. The van der Waals surface area contributed by atoms with Crippen LogP contribution in [-0.2, 0) is 4.74 Å². The first-order valence-corrected chi connectivity index (χ1v) is 6.31. The van der Waals surface area contributed by atoms with Gasteiger partial charge >= 0.3 is 6.09 Å². The molecule has 0 saturated heterocycles. The van der Waals surface area contributed by atoms with Crippen molar-refractivity contribution in [2.24, 2.45) is 5.41 Å². The van der Waals surface area contributed by atoms with Crippen molar-refractivity contribution in [3.63, 3.8) is 0 Å². The molecular weight excluding hydrogens is 240 g/mol. The van der Waals surface area contributed by atoms with Crippen LogP contribution in [0.3, 0.4) is 0 Å². The van der Waals surface area contributed by atoms with E-state index in [1.165, 1.54) is 0 Å². The monoisotopic (exact) mass is 263 g/mol. The van der Waals surface area contributed by atoms with E-state index in [4.69, 9.17) is 4.74 Å². The molecule has 0 aromatic heterocycles. The molecule has 0 aromatic carbocycles. The van der Waals surface area contributed by atoms with Gasteiger partial charge in [0.15, 0.2) is 0 Å². The van der Waals surface area contributed by atoms with Crippen molar-refractivity contribution in [3.8, 4) is 0 Å². The summed E-state index contributed by atoms with van der Waals surface area (Å²) < 4.78 is 32.8. The predicted molar refractivity (Wildman–Crippen MR) is 65.7 cm³/mol. The van der Waals surface area contributed by atoms with Crippen LogP contribution < -0.4 is 5.32 Å². The molecule has 106 valence electrons. The Kier molecular flexibility index (Phi) is 3.94. The Labute approximate surface area is 107 Å². The number of alkyl carbamates (subject to hydrolysis) is 1. The van der Waals surface area contributed by atoms with Crippen molar-refractivity contribution in [1.29, 1.82) is 0 Å². The number of amides is 1. The van der Waals surface area contributed by atoms with E-state index < -0.39 is 29.1 Å². The van der Waals surface area contributed by atoms with Crippen LogP contribution in [0, 0.1) is 5.41 Å². The van der Waals surface area contributed by atoms with Gasteiger partial charge in [0.05, 0.1) is 0 Å². The smallest absolute Gasteiger partial charge is 0.408 e. The molecule has 1 aliphatic carbocycles. The summed E-state index contributed by atoms with van der Waals surface area (Å²) >= 11 is 0. The number of halogens is 2. The summed E-state index contributed by atoms with van der Waals surface area (Å²) in [6, 6.07) is -1.17. The third-order valence-corrected chi connectivity index (χ3v) is 3.20. The van der Waals surface area contributed by atoms with Gasteiger partial charge in [0.1, 0.15) is 11.6 Å². The molecule has 5 heteroatoms. The van der Waals surface area contributed by atoms with Gasteiger partial charge in [-0.25, -0.2) is 13.6 Å². The largest absolute Gasteiger partial charge is 0.444 e. The van der Waals surface area contributed by atoms with Crippen molar-refractivity contribution in [3.05, 3.63) is 0 Å². The number of carbonyl (C=O) groups is 1. The molecule has 0 heterocycles. The Bertz CT molecular complexity index is 305. The van der Waals surface area contributed by atoms with Gasteiger partial charge in [-0.2, -0.15) is 0 Å². The van der Waals surface area contributed by atoms with Crippen LogP contribution >= 0.6 is 0 Å². The molecule has 3 nitrogen and oxygen atoms in total. The van der Waals surface area contributed by atoms with Crippen LogP contribution in [-0.4, -0.2) is 23.7 Å². The van der Waals surface area contributed by atoms with Gasteiger partial charge in [0, 0.05) is 6.42 Å². The second-order valence-electron chi connectivity index (χ2n) is 6.68. The fourth-order valence-corrected chi connectivity index (χ4v) is 2.37. The highest BCUT2D eigenvalue weighted by Gasteiger charge is 2.52. The minimum atomic E-state index is -2.88. The first kappa shape index (κ1) is 15.2. The Morgan fingerprint density at radius 3 is 2.28 bits per heavy atom. The second-order valence-corrected chi connectivity index (χ2v) is 6.68. The summed E-state index contributed by atoms with van der Waals surface area (Å²) in [5.41, 5.74) is -1.31. The molecule has 1 rings (SSSR count). The molecule has 1 fully saturated rings. The number of alkyl halides is 2. The lowest BCUT2D eigenvalue weighted by Crippen LogP contribution is -2.58. The van der Waals surface area contributed by atoms with Crippen molar-refractivity contribution in [1.82, 2.24) is 5.32 Å². The average molecular weight is 263 g/mol. The van der Waals surface area contributed by atoms with Crippen molar-refractivity contribution in [2.45, 2.75) is 71.4 Å². The van der Waals surface area contributed by atoms with Gasteiger partial charge in [-0.15, -0.1) is 0 Å². The fourth-order valence-electron chi connectivity index (χ4n) is 2.37. The van der Waals surface area contributed by atoms with Gasteiger partial charge in [-0.1, -0.05) is 13.8 Å². The maximum absolute atomic E-state index is 13.9. The van der Waals surface area contributed by atoms with E-state index in [1.807, 2.05) is 0 Å². The normalized spacial score (nSPS) is 26.5. The van der Waals surface area contributed by atoms with E-state index in [0.29, 0.717) is 12.8 Å². The first-order valence-electron chi connectivity index (χ1n) is 6.31. The van der Waals surface area contributed by atoms with Crippen molar-refractivity contribution in [2.75, 3.05) is 0 Å². The Morgan fingerprint density at radius 2 is 1.83 bits per heavy atom. The van der Waals surface area contributed by atoms with Crippen LogP contribution in [0.2, 0.25) is 0 Å². The second kappa shape index (κ2) is 4.67. The van der Waals surface area contributed by atoms with Crippen LogP contribution in [0.25, 0.3) is 0 Å². The van der Waals surface area contributed by atoms with E-state index in [-0.39, 0.29) is 6.42 Å². The zero-order chi connectivity index (χ0) is 14.2. The predicted octanol–water partition coefficient (Wildman–Crippen LogP) is 3.73. The van der Waals surface area contributed by atoms with E-state index >= 15 is 0 Å². The van der Waals surface area contributed by atoms with E-state index in [9.17, 15) is 13.6 Å². The first-order chi connectivity index (χ1) is 7.94. The third kappa shape index (κ3) is 3.82. The van der Waals surface area contributed by atoms with Gasteiger partial charge in [0.25, 0.3) is 5.92 Å². The van der Waals surface area contributed by atoms with Gasteiger partial charge in [-0.05, 0) is 39.0 Å². The van der Waals surface area contributed by atoms with E-state index in [1.54, 1.807) is 34.6 Å². The zero-order valence-corrected chi connectivity index (χ0v) is 11.8. The fraction of sp³-hybridized carbons (Fsp3) is 0.923. The lowest BCUT2D eigenvalue weighted by Gasteiger charge is -2.43. The third-order valence-electron chi connectivity index (χ3n) is 3.20. The Balaban J connectivity index is 2.76. The van der Waals surface area contributed by atoms with Gasteiger partial charge in [-0.3, -0.25) is 0 Å². The molecule has 0 bridgehead atoms. The molecule has 0 spiro atoms. The molecule has 1 amide bonds. The minimum Gasteiger partial charge on any atom is -0.444 e. The summed E-state index contributed by atoms with van der Waals surface area (Å²) in [5, 5.41) is 2.34. The lowest BCUT2D eigenvalue weighted by molar-refractivity contribution is -0.107. The number of hydrogen-bond acceptors (Lipinski definition) is 2. The van der Waals surface area contributed by atoms with Crippen molar-refractivity contribution < 1.29 is 18.3 Å². The maximum Gasteiger partial charge on any atom is 0.408 e. The van der Waals surface area contributed by atoms with Crippen LogP contribution in [0.15, 0.2) is 0 Å².